The molecule has 6 heteroatoms. The van der Waals surface area contributed by atoms with Gasteiger partial charge in [-0.2, -0.15) is 0 Å². The van der Waals surface area contributed by atoms with Gasteiger partial charge in [0.1, 0.15) is 0 Å². The minimum Gasteiger partial charge on any atom is -0.355 e. The van der Waals surface area contributed by atoms with Crippen molar-refractivity contribution in [3.05, 3.63) is 64.6 Å². The molecule has 2 amide bonds. The monoisotopic (exact) mass is 403 g/mol. The molecule has 2 aromatic rings. The highest BCUT2D eigenvalue weighted by Crippen LogP contribution is 2.20. The second-order valence-electron chi connectivity index (χ2n) is 5.79. The van der Waals surface area contributed by atoms with Crippen LogP contribution in [0, 0.1) is 0 Å². The molecule has 5 nitrogen and oxygen atoms in total. The van der Waals surface area contributed by atoms with Crippen LogP contribution in [-0.2, 0) is 16.0 Å². The number of nitrogens with zero attached hydrogens (tertiary/aromatic N) is 1. The number of amides is 2. The van der Waals surface area contributed by atoms with Crippen LogP contribution in [0.4, 0.5) is 5.69 Å². The van der Waals surface area contributed by atoms with Crippen LogP contribution in [0.1, 0.15) is 5.56 Å². The maximum absolute atomic E-state index is 12.1. The molecule has 0 aliphatic heterocycles. The Morgan fingerprint density at radius 1 is 0.960 bits per heavy atom. The van der Waals surface area contributed by atoms with E-state index >= 15 is 0 Å². The summed E-state index contributed by atoms with van der Waals surface area (Å²) in [5, 5.41) is 5.69. The lowest BCUT2D eigenvalue weighted by Crippen LogP contribution is -2.39. The molecule has 0 aliphatic carbocycles. The summed E-state index contributed by atoms with van der Waals surface area (Å²) in [5.41, 5.74) is 1.90. The van der Waals surface area contributed by atoms with E-state index in [1.54, 1.807) is 11.9 Å². The van der Waals surface area contributed by atoms with E-state index in [0.717, 1.165) is 10.9 Å². The highest BCUT2D eigenvalue weighted by molar-refractivity contribution is 9.10. The maximum atomic E-state index is 12.1. The second kappa shape index (κ2) is 9.96. The number of nitrogens with one attached hydrogen (secondary N) is 2. The Labute approximate surface area is 156 Å². The van der Waals surface area contributed by atoms with Crippen molar-refractivity contribution < 1.29 is 9.59 Å². The summed E-state index contributed by atoms with van der Waals surface area (Å²) in [6, 6.07) is 17.4. The lowest BCUT2D eigenvalue weighted by atomic mass is 10.1. The first-order chi connectivity index (χ1) is 12.0. The molecular weight excluding hydrogens is 382 g/mol. The van der Waals surface area contributed by atoms with Gasteiger partial charge in [0.05, 0.1) is 18.8 Å². The topological polar surface area (TPSA) is 61.4 Å². The molecule has 0 aromatic heterocycles. The van der Waals surface area contributed by atoms with Crippen LogP contribution in [0.3, 0.4) is 0 Å². The third kappa shape index (κ3) is 7.07. The second-order valence-corrected chi connectivity index (χ2v) is 6.64. The molecule has 0 saturated carbocycles. The molecule has 2 rings (SSSR count). The number of carbonyl (C=O) groups excluding carboxylic acids is 2. The van der Waals surface area contributed by atoms with Gasteiger partial charge in [-0.3, -0.25) is 14.5 Å². The van der Waals surface area contributed by atoms with Crippen LogP contribution in [0.15, 0.2) is 59.1 Å². The zero-order chi connectivity index (χ0) is 18.1. The van der Waals surface area contributed by atoms with E-state index in [1.807, 2.05) is 54.6 Å². The van der Waals surface area contributed by atoms with Crippen molar-refractivity contribution in [2.75, 3.05) is 32.0 Å². The molecule has 0 atom stereocenters. The first kappa shape index (κ1) is 19.1. The number of anilines is 1. The molecule has 25 heavy (non-hydrogen) atoms. The summed E-state index contributed by atoms with van der Waals surface area (Å²) in [7, 11) is 1.75. The van der Waals surface area contributed by atoms with Crippen LogP contribution in [0.25, 0.3) is 0 Å². The Kier molecular flexibility index (Phi) is 7.63. The summed E-state index contributed by atoms with van der Waals surface area (Å²) in [6.45, 7) is 0.908. The molecule has 0 radical (unpaired) electrons. The smallest absolute Gasteiger partial charge is 0.238 e. The van der Waals surface area contributed by atoms with E-state index in [0.29, 0.717) is 12.2 Å². The fourth-order valence-corrected chi connectivity index (χ4v) is 2.73. The van der Waals surface area contributed by atoms with Gasteiger partial charge in [-0.25, -0.2) is 0 Å². The van der Waals surface area contributed by atoms with E-state index in [1.165, 1.54) is 5.56 Å². The molecule has 0 fully saturated rings. The van der Waals surface area contributed by atoms with Crippen molar-refractivity contribution in [3.8, 4) is 0 Å². The van der Waals surface area contributed by atoms with Crippen LogP contribution in [-0.4, -0.2) is 43.4 Å². The molecule has 0 bridgehead atoms. The summed E-state index contributed by atoms with van der Waals surface area (Å²) in [6.07, 6.45) is 0.790. The van der Waals surface area contributed by atoms with Crippen molar-refractivity contribution in [1.82, 2.24) is 10.2 Å². The molecule has 0 aliphatic rings. The Balaban J connectivity index is 1.68. The number of likely N-dealkylation sites (N-methyl/N-ethyl adjacent to an activating group) is 1. The lowest BCUT2D eigenvalue weighted by molar-refractivity contribution is -0.122. The molecule has 0 unspecified atom stereocenters. The average molecular weight is 404 g/mol. The fraction of sp³-hybridized carbons (Fsp3) is 0.263. The SMILES string of the molecule is CN(CC(=O)NCCc1ccccc1)CC(=O)Nc1ccccc1Br. The van der Waals surface area contributed by atoms with E-state index in [-0.39, 0.29) is 24.9 Å². The quantitative estimate of drug-likeness (QED) is 0.711. The lowest BCUT2D eigenvalue weighted by Gasteiger charge is -2.16. The Morgan fingerprint density at radius 2 is 1.60 bits per heavy atom. The third-order valence-electron chi connectivity index (χ3n) is 3.55. The van der Waals surface area contributed by atoms with Gasteiger partial charge in [0.25, 0.3) is 0 Å². The van der Waals surface area contributed by atoms with Gasteiger partial charge in [-0.15, -0.1) is 0 Å². The zero-order valence-electron chi connectivity index (χ0n) is 14.2. The van der Waals surface area contributed by atoms with E-state index in [4.69, 9.17) is 0 Å². The number of rotatable bonds is 8. The Morgan fingerprint density at radius 3 is 2.32 bits per heavy atom. The molecule has 0 spiro atoms. The van der Waals surface area contributed by atoms with Gasteiger partial charge in [-0.1, -0.05) is 42.5 Å². The van der Waals surface area contributed by atoms with Gasteiger partial charge < -0.3 is 10.6 Å². The molecule has 0 saturated heterocycles. The van der Waals surface area contributed by atoms with Crippen molar-refractivity contribution in [3.63, 3.8) is 0 Å². The van der Waals surface area contributed by atoms with Crippen molar-refractivity contribution >= 4 is 33.4 Å². The van der Waals surface area contributed by atoms with E-state index < -0.39 is 0 Å². The van der Waals surface area contributed by atoms with Crippen LogP contribution in [0.5, 0.6) is 0 Å². The highest BCUT2D eigenvalue weighted by Gasteiger charge is 2.11. The van der Waals surface area contributed by atoms with Crippen molar-refractivity contribution in [1.29, 1.82) is 0 Å². The van der Waals surface area contributed by atoms with Crippen LogP contribution in [0.2, 0.25) is 0 Å². The first-order valence-electron chi connectivity index (χ1n) is 8.08. The molecule has 2 aromatic carbocycles. The van der Waals surface area contributed by atoms with Crippen LogP contribution >= 0.6 is 15.9 Å². The van der Waals surface area contributed by atoms with Gasteiger partial charge in [0.15, 0.2) is 0 Å². The number of benzene rings is 2. The first-order valence-corrected chi connectivity index (χ1v) is 8.87. The van der Waals surface area contributed by atoms with Gasteiger partial charge in [0.2, 0.25) is 11.8 Å². The van der Waals surface area contributed by atoms with Crippen molar-refractivity contribution in [2.24, 2.45) is 0 Å². The minimum absolute atomic E-state index is 0.0906. The number of hydrogen-bond donors (Lipinski definition) is 2. The Hall–Kier alpha value is -2.18. The van der Waals surface area contributed by atoms with Crippen LogP contribution < -0.4 is 10.6 Å². The zero-order valence-corrected chi connectivity index (χ0v) is 15.8. The van der Waals surface area contributed by atoms with Gasteiger partial charge in [0, 0.05) is 11.0 Å². The summed E-state index contributed by atoms with van der Waals surface area (Å²) < 4.78 is 0.824. The number of para-hydroxylation sites is 1. The number of halogens is 1. The number of carbonyl (C=O) groups is 2. The predicted molar refractivity (Wildman–Crippen MR) is 103 cm³/mol. The minimum atomic E-state index is -0.161. The molecular formula is C19H22BrN3O2. The molecule has 2 N–H and O–H groups in total. The van der Waals surface area contributed by atoms with E-state index in [9.17, 15) is 9.59 Å². The number of hydrogen-bond acceptors (Lipinski definition) is 3. The average Bonchev–Trinajstić information content (AvgIpc) is 2.57. The van der Waals surface area contributed by atoms with E-state index in [2.05, 4.69) is 26.6 Å². The molecule has 132 valence electrons. The fourth-order valence-electron chi connectivity index (χ4n) is 2.35. The maximum Gasteiger partial charge on any atom is 0.238 e. The predicted octanol–water partition coefficient (Wildman–Crippen LogP) is 2.68. The standard InChI is InChI=1S/C19H22BrN3O2/c1-23(14-19(25)22-17-10-6-5-9-16(17)20)13-18(24)21-12-11-15-7-3-2-4-8-15/h2-10H,11-14H2,1H3,(H,21,24)(H,22,25). The largest absolute Gasteiger partial charge is 0.355 e. The summed E-state index contributed by atoms with van der Waals surface area (Å²) in [5.74, 6) is -0.251. The molecule has 0 heterocycles. The van der Waals surface area contributed by atoms with Crippen molar-refractivity contribution in [2.45, 2.75) is 6.42 Å². The third-order valence-corrected chi connectivity index (χ3v) is 4.25. The normalized spacial score (nSPS) is 10.5. The Bertz CT molecular complexity index is 707. The summed E-state index contributed by atoms with van der Waals surface area (Å²) >= 11 is 3.39. The van der Waals surface area contributed by atoms with Gasteiger partial charge in [-0.05, 0) is 47.1 Å². The highest BCUT2D eigenvalue weighted by atomic mass is 79.9. The summed E-state index contributed by atoms with van der Waals surface area (Å²) in [4.78, 5) is 25.7. The van der Waals surface area contributed by atoms with Gasteiger partial charge >= 0.3 is 0 Å².